The number of rotatable bonds is 5. The molecule has 0 radical (unpaired) electrons. The molecule has 1 saturated heterocycles. The fourth-order valence-electron chi connectivity index (χ4n) is 3.12. The van der Waals surface area contributed by atoms with Crippen LogP contribution in [0.2, 0.25) is 0 Å². The van der Waals surface area contributed by atoms with Crippen LogP contribution in [0, 0.1) is 0 Å². The molecule has 1 aliphatic rings. The van der Waals surface area contributed by atoms with E-state index in [-0.39, 0.29) is 10.8 Å². The lowest BCUT2D eigenvalue weighted by molar-refractivity contribution is 0.447. The van der Waals surface area contributed by atoms with Gasteiger partial charge in [-0.05, 0) is 19.4 Å². The van der Waals surface area contributed by atoms with Crippen LogP contribution in [0.5, 0.6) is 0 Å². The summed E-state index contributed by atoms with van der Waals surface area (Å²) in [5, 5.41) is 7.49. The minimum absolute atomic E-state index is 0.0898. The van der Waals surface area contributed by atoms with E-state index in [2.05, 4.69) is 20.4 Å². The van der Waals surface area contributed by atoms with Crippen LogP contribution in [0.15, 0.2) is 23.5 Å². The Morgan fingerprint density at radius 2 is 2.20 bits per heavy atom. The summed E-state index contributed by atoms with van der Waals surface area (Å²) in [4.78, 5) is 11.1. The zero-order valence-electron chi connectivity index (χ0n) is 14.8. The van der Waals surface area contributed by atoms with Gasteiger partial charge in [0.25, 0.3) is 0 Å². The molecule has 2 aromatic rings. The predicted octanol–water partition coefficient (Wildman–Crippen LogP) is 0.717. The molecule has 136 valence electrons. The third kappa shape index (κ3) is 4.16. The molecule has 3 rings (SSSR count). The molecule has 1 unspecified atom stereocenters. The van der Waals surface area contributed by atoms with Crippen molar-refractivity contribution in [2.24, 2.45) is 7.05 Å². The van der Waals surface area contributed by atoms with Gasteiger partial charge in [-0.15, -0.1) is 0 Å². The first-order valence-corrected chi connectivity index (χ1v) is 10.2. The number of nitrogens with one attached hydrogen (secondary N) is 1. The Morgan fingerprint density at radius 1 is 1.40 bits per heavy atom. The standard InChI is InChI=1S/C16H24N6O2S/c1-21(10-12-7-19-22(2)11-12)16-18-9-14(25(3,23)24)15(20-16)13-5-4-6-17-8-13/h7,9,11,13,17H,4-6,8,10H2,1-3H3. The zero-order valence-corrected chi connectivity index (χ0v) is 15.6. The van der Waals surface area contributed by atoms with Gasteiger partial charge < -0.3 is 10.2 Å². The number of hydrogen-bond donors (Lipinski definition) is 1. The van der Waals surface area contributed by atoms with Crippen molar-refractivity contribution in [3.8, 4) is 0 Å². The molecule has 0 amide bonds. The second kappa shape index (κ2) is 7.09. The average molecular weight is 364 g/mol. The number of aryl methyl sites for hydroxylation is 1. The Balaban J connectivity index is 1.92. The van der Waals surface area contributed by atoms with Crippen molar-refractivity contribution in [3.63, 3.8) is 0 Å². The van der Waals surface area contributed by atoms with Gasteiger partial charge in [0.05, 0.1) is 18.1 Å². The Kier molecular flexibility index (Phi) is 5.05. The SMILES string of the molecule is CN(Cc1cnn(C)c1)c1ncc(S(C)(=O)=O)c(C2CCCNC2)n1. The van der Waals surface area contributed by atoms with Crippen molar-refractivity contribution in [2.75, 3.05) is 31.3 Å². The van der Waals surface area contributed by atoms with Gasteiger partial charge in [0.1, 0.15) is 4.90 Å². The molecule has 1 atom stereocenters. The van der Waals surface area contributed by atoms with Crippen LogP contribution in [-0.2, 0) is 23.4 Å². The molecule has 3 heterocycles. The topological polar surface area (TPSA) is 93.0 Å². The minimum atomic E-state index is -3.37. The second-order valence-electron chi connectivity index (χ2n) is 6.61. The lowest BCUT2D eigenvalue weighted by atomic mass is 9.96. The number of anilines is 1. The highest BCUT2D eigenvalue weighted by Crippen LogP contribution is 2.28. The van der Waals surface area contributed by atoms with E-state index in [1.807, 2.05) is 25.2 Å². The molecule has 0 bridgehead atoms. The highest BCUT2D eigenvalue weighted by Gasteiger charge is 2.25. The quantitative estimate of drug-likeness (QED) is 0.835. The van der Waals surface area contributed by atoms with Crippen LogP contribution in [0.4, 0.5) is 5.95 Å². The molecule has 25 heavy (non-hydrogen) atoms. The van der Waals surface area contributed by atoms with Gasteiger partial charge in [-0.1, -0.05) is 0 Å². The number of piperidine rings is 1. The summed E-state index contributed by atoms with van der Waals surface area (Å²) in [5.74, 6) is 0.615. The first kappa shape index (κ1) is 17.8. The number of nitrogens with zero attached hydrogens (tertiary/aromatic N) is 5. The van der Waals surface area contributed by atoms with Crippen molar-refractivity contribution >= 4 is 15.8 Å². The second-order valence-corrected chi connectivity index (χ2v) is 8.60. The molecule has 0 aliphatic carbocycles. The maximum atomic E-state index is 12.1. The van der Waals surface area contributed by atoms with Gasteiger partial charge >= 0.3 is 0 Å². The first-order valence-electron chi connectivity index (χ1n) is 8.31. The van der Waals surface area contributed by atoms with Crippen LogP contribution in [0.3, 0.4) is 0 Å². The molecule has 9 heteroatoms. The molecule has 0 spiro atoms. The van der Waals surface area contributed by atoms with Crippen LogP contribution in [0.1, 0.15) is 30.0 Å². The van der Waals surface area contributed by atoms with Crippen molar-refractivity contribution in [1.29, 1.82) is 0 Å². The Morgan fingerprint density at radius 3 is 2.80 bits per heavy atom. The molecule has 1 N–H and O–H groups in total. The van der Waals surface area contributed by atoms with Crippen LogP contribution < -0.4 is 10.2 Å². The van der Waals surface area contributed by atoms with E-state index in [9.17, 15) is 8.42 Å². The monoisotopic (exact) mass is 364 g/mol. The van der Waals surface area contributed by atoms with Crippen molar-refractivity contribution < 1.29 is 8.42 Å². The molecule has 8 nitrogen and oxygen atoms in total. The summed E-state index contributed by atoms with van der Waals surface area (Å²) in [6, 6.07) is 0. The number of aromatic nitrogens is 4. The Hall–Kier alpha value is -2.00. The van der Waals surface area contributed by atoms with E-state index in [4.69, 9.17) is 0 Å². The van der Waals surface area contributed by atoms with Gasteiger partial charge in [0, 0.05) is 51.1 Å². The van der Waals surface area contributed by atoms with Crippen LogP contribution in [-0.4, -0.2) is 54.6 Å². The largest absolute Gasteiger partial charge is 0.339 e. The van der Waals surface area contributed by atoms with Gasteiger partial charge in [-0.2, -0.15) is 5.10 Å². The highest BCUT2D eigenvalue weighted by atomic mass is 32.2. The van der Waals surface area contributed by atoms with E-state index in [0.29, 0.717) is 18.2 Å². The summed E-state index contributed by atoms with van der Waals surface area (Å²) in [7, 11) is 0.399. The Bertz CT molecular complexity index is 842. The van der Waals surface area contributed by atoms with Crippen LogP contribution >= 0.6 is 0 Å². The van der Waals surface area contributed by atoms with Crippen molar-refractivity contribution in [3.05, 3.63) is 29.8 Å². The van der Waals surface area contributed by atoms with E-state index < -0.39 is 9.84 Å². The molecular weight excluding hydrogens is 340 g/mol. The third-order valence-corrected chi connectivity index (χ3v) is 5.49. The predicted molar refractivity (Wildman–Crippen MR) is 95.3 cm³/mol. The molecule has 0 saturated carbocycles. The summed E-state index contributed by atoms with van der Waals surface area (Å²) < 4.78 is 26.0. The lowest BCUT2D eigenvalue weighted by Crippen LogP contribution is -2.30. The molecular formula is C16H24N6O2S. The van der Waals surface area contributed by atoms with Crippen LogP contribution in [0.25, 0.3) is 0 Å². The molecule has 2 aromatic heterocycles. The van der Waals surface area contributed by atoms with E-state index in [1.165, 1.54) is 12.5 Å². The van der Waals surface area contributed by atoms with Crippen molar-refractivity contribution in [2.45, 2.75) is 30.2 Å². The van der Waals surface area contributed by atoms with Crippen molar-refractivity contribution in [1.82, 2.24) is 25.1 Å². The summed E-state index contributed by atoms with van der Waals surface area (Å²) >= 11 is 0. The third-order valence-electron chi connectivity index (χ3n) is 4.37. The Labute approximate surface area is 148 Å². The normalized spacial score (nSPS) is 18.3. The maximum absolute atomic E-state index is 12.1. The maximum Gasteiger partial charge on any atom is 0.225 e. The number of hydrogen-bond acceptors (Lipinski definition) is 7. The van der Waals surface area contributed by atoms with E-state index in [0.717, 1.165) is 31.5 Å². The minimum Gasteiger partial charge on any atom is -0.339 e. The summed E-state index contributed by atoms with van der Waals surface area (Å²) in [5.41, 5.74) is 1.67. The molecule has 0 aromatic carbocycles. The van der Waals surface area contributed by atoms with Gasteiger partial charge in [-0.25, -0.2) is 18.4 Å². The van der Waals surface area contributed by atoms with E-state index >= 15 is 0 Å². The van der Waals surface area contributed by atoms with Gasteiger partial charge in [0.15, 0.2) is 9.84 Å². The number of sulfone groups is 1. The smallest absolute Gasteiger partial charge is 0.225 e. The highest BCUT2D eigenvalue weighted by molar-refractivity contribution is 7.90. The first-order chi connectivity index (χ1) is 11.8. The van der Waals surface area contributed by atoms with Gasteiger partial charge in [0.2, 0.25) is 5.95 Å². The lowest BCUT2D eigenvalue weighted by Gasteiger charge is -2.25. The van der Waals surface area contributed by atoms with E-state index in [1.54, 1.807) is 10.9 Å². The fourth-order valence-corrected chi connectivity index (χ4v) is 3.96. The fraction of sp³-hybridized carbons (Fsp3) is 0.562. The molecule has 1 aliphatic heterocycles. The zero-order chi connectivity index (χ0) is 18.0. The molecule has 1 fully saturated rings. The average Bonchev–Trinajstić information content (AvgIpc) is 2.99. The van der Waals surface area contributed by atoms with Gasteiger partial charge in [-0.3, -0.25) is 4.68 Å². The summed E-state index contributed by atoms with van der Waals surface area (Å²) in [6.07, 6.45) is 8.34. The summed E-state index contributed by atoms with van der Waals surface area (Å²) in [6.45, 7) is 2.31.